The molecule has 0 saturated carbocycles. The van der Waals surface area contributed by atoms with Crippen LogP contribution in [0.15, 0.2) is 6.07 Å². The van der Waals surface area contributed by atoms with Crippen molar-refractivity contribution in [3.05, 3.63) is 21.4 Å². The van der Waals surface area contributed by atoms with Crippen LogP contribution in [-0.2, 0) is 6.54 Å². The van der Waals surface area contributed by atoms with E-state index in [0.717, 1.165) is 26.2 Å². The number of aliphatic hydroxyl groups is 1. The Balaban J connectivity index is 1.94. The molecule has 1 fully saturated rings. The van der Waals surface area contributed by atoms with E-state index in [9.17, 15) is 5.11 Å². The molecule has 0 aromatic carbocycles. The maximum absolute atomic E-state index is 9.20. The second kappa shape index (κ2) is 6.66. The van der Waals surface area contributed by atoms with Gasteiger partial charge in [0.25, 0.3) is 0 Å². The third-order valence-electron chi connectivity index (χ3n) is 3.59. The molecular formula is C14H24N2OS. The number of hydrogen-bond donors (Lipinski definition) is 2. The standard InChI is InChI=1S/C14H24N2OS/c1-11-8-13(12(2)18-11)9-16(6-7-17)10-14-4-3-5-15-14/h8,14-15,17H,3-7,9-10H2,1-2H3. The highest BCUT2D eigenvalue weighted by atomic mass is 32.1. The zero-order chi connectivity index (χ0) is 13.0. The Morgan fingerprint density at radius 3 is 2.89 bits per heavy atom. The SMILES string of the molecule is Cc1cc(CN(CCO)CC2CCCN2)c(C)s1. The van der Waals surface area contributed by atoms with Gasteiger partial charge in [-0.2, -0.15) is 0 Å². The lowest BCUT2D eigenvalue weighted by molar-refractivity contribution is 0.179. The number of nitrogens with one attached hydrogen (secondary N) is 1. The largest absolute Gasteiger partial charge is 0.395 e. The van der Waals surface area contributed by atoms with Crippen LogP contribution in [0.2, 0.25) is 0 Å². The summed E-state index contributed by atoms with van der Waals surface area (Å²) in [5, 5.41) is 12.7. The van der Waals surface area contributed by atoms with Gasteiger partial charge in [-0.25, -0.2) is 0 Å². The maximum Gasteiger partial charge on any atom is 0.0558 e. The fraction of sp³-hybridized carbons (Fsp3) is 0.714. The predicted octanol–water partition coefficient (Wildman–Crippen LogP) is 1.91. The first-order chi connectivity index (χ1) is 8.69. The number of aliphatic hydroxyl groups excluding tert-OH is 1. The Bertz CT molecular complexity index is 372. The van der Waals surface area contributed by atoms with E-state index in [1.54, 1.807) is 0 Å². The van der Waals surface area contributed by atoms with E-state index >= 15 is 0 Å². The first-order valence-electron chi connectivity index (χ1n) is 6.81. The van der Waals surface area contributed by atoms with Gasteiger partial charge in [0, 0.05) is 35.4 Å². The van der Waals surface area contributed by atoms with Crippen molar-refractivity contribution in [2.24, 2.45) is 0 Å². The molecule has 102 valence electrons. The highest BCUT2D eigenvalue weighted by Crippen LogP contribution is 2.22. The highest BCUT2D eigenvalue weighted by Gasteiger charge is 2.18. The minimum absolute atomic E-state index is 0.245. The van der Waals surface area contributed by atoms with Gasteiger partial charge < -0.3 is 10.4 Å². The predicted molar refractivity (Wildman–Crippen MR) is 77.2 cm³/mol. The lowest BCUT2D eigenvalue weighted by atomic mass is 10.2. The molecule has 0 radical (unpaired) electrons. The summed E-state index contributed by atoms with van der Waals surface area (Å²) in [5.41, 5.74) is 1.42. The number of thiophene rings is 1. The van der Waals surface area contributed by atoms with Crippen LogP contribution in [0.5, 0.6) is 0 Å². The lowest BCUT2D eigenvalue weighted by Gasteiger charge is -2.24. The molecular weight excluding hydrogens is 244 g/mol. The topological polar surface area (TPSA) is 35.5 Å². The highest BCUT2D eigenvalue weighted by molar-refractivity contribution is 7.12. The Labute approximate surface area is 114 Å². The van der Waals surface area contributed by atoms with Gasteiger partial charge in [-0.1, -0.05) is 0 Å². The van der Waals surface area contributed by atoms with Gasteiger partial charge in [-0.15, -0.1) is 11.3 Å². The smallest absolute Gasteiger partial charge is 0.0558 e. The van der Waals surface area contributed by atoms with Crippen LogP contribution in [0.4, 0.5) is 0 Å². The zero-order valence-corrected chi connectivity index (χ0v) is 12.2. The average Bonchev–Trinajstić information content (AvgIpc) is 2.90. The molecule has 0 aliphatic carbocycles. The third kappa shape index (κ3) is 3.79. The van der Waals surface area contributed by atoms with Crippen LogP contribution < -0.4 is 5.32 Å². The maximum atomic E-state index is 9.20. The average molecular weight is 268 g/mol. The van der Waals surface area contributed by atoms with Gasteiger partial charge in [0.1, 0.15) is 0 Å². The Morgan fingerprint density at radius 1 is 1.50 bits per heavy atom. The Kier molecular flexibility index (Phi) is 5.18. The van der Waals surface area contributed by atoms with E-state index < -0.39 is 0 Å². The van der Waals surface area contributed by atoms with Gasteiger partial charge in [0.2, 0.25) is 0 Å². The molecule has 2 N–H and O–H groups in total. The van der Waals surface area contributed by atoms with E-state index in [1.807, 2.05) is 11.3 Å². The summed E-state index contributed by atoms with van der Waals surface area (Å²) in [4.78, 5) is 5.16. The molecule has 0 bridgehead atoms. The van der Waals surface area contributed by atoms with Crippen molar-refractivity contribution in [2.75, 3.05) is 26.2 Å². The van der Waals surface area contributed by atoms with Gasteiger partial charge in [0.05, 0.1) is 6.61 Å². The fourth-order valence-electron chi connectivity index (χ4n) is 2.68. The van der Waals surface area contributed by atoms with Gasteiger partial charge in [-0.05, 0) is 44.9 Å². The van der Waals surface area contributed by atoms with Crippen molar-refractivity contribution in [2.45, 2.75) is 39.3 Å². The normalized spacial score (nSPS) is 19.9. The van der Waals surface area contributed by atoms with Crippen molar-refractivity contribution in [1.82, 2.24) is 10.2 Å². The van der Waals surface area contributed by atoms with Crippen molar-refractivity contribution in [1.29, 1.82) is 0 Å². The Hall–Kier alpha value is -0.420. The molecule has 1 saturated heterocycles. The molecule has 1 atom stereocenters. The summed E-state index contributed by atoms with van der Waals surface area (Å²) in [7, 11) is 0. The van der Waals surface area contributed by atoms with Gasteiger partial charge in [0.15, 0.2) is 0 Å². The number of hydrogen-bond acceptors (Lipinski definition) is 4. The van der Waals surface area contributed by atoms with Crippen LogP contribution in [0.3, 0.4) is 0 Å². The fourth-order valence-corrected chi connectivity index (χ4v) is 3.62. The van der Waals surface area contributed by atoms with Crippen molar-refractivity contribution in [3.63, 3.8) is 0 Å². The van der Waals surface area contributed by atoms with Crippen molar-refractivity contribution < 1.29 is 5.11 Å². The van der Waals surface area contributed by atoms with Crippen LogP contribution in [0.1, 0.15) is 28.2 Å². The molecule has 1 aliphatic heterocycles. The van der Waals surface area contributed by atoms with Crippen molar-refractivity contribution in [3.8, 4) is 0 Å². The van der Waals surface area contributed by atoms with Crippen molar-refractivity contribution >= 4 is 11.3 Å². The molecule has 2 rings (SSSR count). The van der Waals surface area contributed by atoms with E-state index in [0.29, 0.717) is 6.04 Å². The first kappa shape index (κ1) is 14.0. The molecule has 0 amide bonds. The minimum Gasteiger partial charge on any atom is -0.395 e. The third-order valence-corrected chi connectivity index (χ3v) is 4.60. The molecule has 1 aromatic rings. The second-order valence-corrected chi connectivity index (χ2v) is 6.65. The van der Waals surface area contributed by atoms with E-state index in [4.69, 9.17) is 0 Å². The number of rotatable bonds is 6. The summed E-state index contributed by atoms with van der Waals surface area (Å²) in [6, 6.07) is 2.89. The van der Waals surface area contributed by atoms with E-state index in [-0.39, 0.29) is 6.61 Å². The summed E-state index contributed by atoms with van der Waals surface area (Å²) >= 11 is 1.87. The Morgan fingerprint density at radius 2 is 2.33 bits per heavy atom. The van der Waals surface area contributed by atoms with Gasteiger partial charge in [-0.3, -0.25) is 4.90 Å². The molecule has 2 heterocycles. The molecule has 3 nitrogen and oxygen atoms in total. The summed E-state index contributed by atoms with van der Waals surface area (Å²) < 4.78 is 0. The zero-order valence-electron chi connectivity index (χ0n) is 11.4. The molecule has 0 spiro atoms. The molecule has 18 heavy (non-hydrogen) atoms. The summed E-state index contributed by atoms with van der Waals surface area (Å²) in [5.74, 6) is 0. The lowest BCUT2D eigenvalue weighted by Crippen LogP contribution is -2.38. The van der Waals surface area contributed by atoms with Crippen LogP contribution in [0, 0.1) is 13.8 Å². The van der Waals surface area contributed by atoms with Crippen LogP contribution in [0.25, 0.3) is 0 Å². The summed E-state index contributed by atoms with van der Waals surface area (Å²) in [6.07, 6.45) is 2.55. The molecule has 4 heteroatoms. The first-order valence-corrected chi connectivity index (χ1v) is 7.63. The van der Waals surface area contributed by atoms with E-state index in [1.165, 1.54) is 28.2 Å². The summed E-state index contributed by atoms with van der Waals surface area (Å²) in [6.45, 7) is 8.54. The second-order valence-electron chi connectivity index (χ2n) is 5.19. The van der Waals surface area contributed by atoms with Crippen LogP contribution in [-0.4, -0.2) is 42.3 Å². The van der Waals surface area contributed by atoms with Gasteiger partial charge >= 0.3 is 0 Å². The molecule has 1 aliphatic rings. The monoisotopic (exact) mass is 268 g/mol. The quantitative estimate of drug-likeness (QED) is 0.827. The molecule has 1 unspecified atom stereocenters. The van der Waals surface area contributed by atoms with Crippen LogP contribution >= 0.6 is 11.3 Å². The van der Waals surface area contributed by atoms with E-state index in [2.05, 4.69) is 30.1 Å². The molecule has 1 aromatic heterocycles. The number of aryl methyl sites for hydroxylation is 2. The minimum atomic E-state index is 0.245. The number of nitrogens with zero attached hydrogens (tertiary/aromatic N) is 1.